The summed E-state index contributed by atoms with van der Waals surface area (Å²) in [5.41, 5.74) is 0.678. The van der Waals surface area contributed by atoms with E-state index in [2.05, 4.69) is 25.0 Å². The zero-order valence-electron chi connectivity index (χ0n) is 18.1. The maximum Gasteiger partial charge on any atom is 0.249 e. The van der Waals surface area contributed by atoms with Crippen LogP contribution in [0.5, 0.6) is 0 Å². The first-order valence-electron chi connectivity index (χ1n) is 11.0. The van der Waals surface area contributed by atoms with Crippen LogP contribution in [0, 0.1) is 0 Å². The molecule has 0 atom stereocenters. The molecular weight excluding hydrogens is 448 g/mol. The van der Waals surface area contributed by atoms with Gasteiger partial charge < -0.3 is 13.9 Å². The number of aromatic nitrogens is 5. The summed E-state index contributed by atoms with van der Waals surface area (Å²) in [6.45, 7) is 4.20. The number of carbonyl (C=O) groups is 1. The molecule has 2 aliphatic rings. The number of hydrogen-bond acceptors (Lipinski definition) is 7. The monoisotopic (exact) mass is 472 g/mol. The second-order valence-electron chi connectivity index (χ2n) is 8.60. The van der Waals surface area contributed by atoms with Crippen molar-refractivity contribution in [3.05, 3.63) is 41.0 Å². The van der Waals surface area contributed by atoms with Gasteiger partial charge in [-0.3, -0.25) is 4.79 Å². The summed E-state index contributed by atoms with van der Waals surface area (Å²) in [5, 5.41) is 18.5. The number of carbonyl (C=O) groups excluding carboxylic acids is 1. The van der Waals surface area contributed by atoms with Gasteiger partial charge in [0, 0.05) is 18.0 Å². The summed E-state index contributed by atoms with van der Waals surface area (Å²) in [6, 6.07) is 7.80. The molecule has 0 radical (unpaired) electrons. The van der Waals surface area contributed by atoms with E-state index in [1.807, 2.05) is 32.0 Å². The van der Waals surface area contributed by atoms with Crippen LogP contribution in [0.3, 0.4) is 0 Å². The molecule has 2 aromatic heterocycles. The molecule has 8 nitrogen and oxygen atoms in total. The van der Waals surface area contributed by atoms with E-state index in [1.165, 1.54) is 37.4 Å². The Balaban J connectivity index is 1.26. The molecule has 0 aliphatic heterocycles. The highest BCUT2D eigenvalue weighted by atomic mass is 35.5. The Hall–Kier alpha value is -2.39. The second-order valence-corrected chi connectivity index (χ2v) is 9.95. The Morgan fingerprint density at radius 3 is 2.66 bits per heavy atom. The van der Waals surface area contributed by atoms with Crippen molar-refractivity contribution < 1.29 is 9.21 Å². The Kier molecular flexibility index (Phi) is 5.94. The fourth-order valence-electron chi connectivity index (χ4n) is 3.66. The molecular formula is C22H25ClN6O2S. The summed E-state index contributed by atoms with van der Waals surface area (Å²) in [4.78, 5) is 14.8. The van der Waals surface area contributed by atoms with Gasteiger partial charge in [0.1, 0.15) is 5.82 Å². The smallest absolute Gasteiger partial charge is 0.249 e. The Bertz CT molecular complexity index is 1120. The molecule has 0 unspecified atom stereocenters. The maximum absolute atomic E-state index is 13.1. The fourth-order valence-corrected chi connectivity index (χ4v) is 4.77. The summed E-state index contributed by atoms with van der Waals surface area (Å²) in [6.07, 6.45) is 4.72. The Labute approximate surface area is 195 Å². The fraction of sp³-hybridized carbons (Fsp3) is 0.500. The summed E-state index contributed by atoms with van der Waals surface area (Å²) >= 11 is 7.69. The van der Waals surface area contributed by atoms with Crippen LogP contribution in [-0.4, -0.2) is 47.6 Å². The third kappa shape index (κ3) is 4.54. The SMILES string of the molecule is CC(C)N(Cc1nnc(-c2ccccc2Cl)o1)C(=O)CSc1nnc(C2CC2)n1C1CC1. The van der Waals surface area contributed by atoms with Crippen molar-refractivity contribution in [3.8, 4) is 11.5 Å². The molecule has 0 saturated heterocycles. The van der Waals surface area contributed by atoms with E-state index in [4.69, 9.17) is 16.0 Å². The third-order valence-corrected chi connectivity index (χ3v) is 6.95. The van der Waals surface area contributed by atoms with Gasteiger partial charge in [0.2, 0.25) is 17.7 Å². The topological polar surface area (TPSA) is 89.9 Å². The van der Waals surface area contributed by atoms with Gasteiger partial charge in [0.15, 0.2) is 5.16 Å². The lowest BCUT2D eigenvalue weighted by atomic mass is 10.2. The maximum atomic E-state index is 13.1. The highest BCUT2D eigenvalue weighted by Gasteiger charge is 2.36. The second kappa shape index (κ2) is 8.86. The van der Waals surface area contributed by atoms with Crippen LogP contribution in [0.15, 0.2) is 33.8 Å². The molecule has 0 bridgehead atoms. The van der Waals surface area contributed by atoms with Crippen LogP contribution in [0.4, 0.5) is 0 Å². The third-order valence-electron chi connectivity index (χ3n) is 5.69. The van der Waals surface area contributed by atoms with E-state index in [1.54, 1.807) is 11.0 Å². The number of rotatable bonds is 9. The lowest BCUT2D eigenvalue weighted by Crippen LogP contribution is -2.37. The van der Waals surface area contributed by atoms with Crippen LogP contribution in [0.1, 0.15) is 63.2 Å². The number of thioether (sulfide) groups is 1. The normalized spacial score (nSPS) is 16.0. The molecule has 10 heteroatoms. The minimum absolute atomic E-state index is 0.000752. The van der Waals surface area contributed by atoms with Crippen LogP contribution in [0.2, 0.25) is 5.02 Å². The van der Waals surface area contributed by atoms with Gasteiger partial charge in [-0.1, -0.05) is 35.5 Å². The zero-order valence-corrected chi connectivity index (χ0v) is 19.6. The van der Waals surface area contributed by atoms with Gasteiger partial charge in [0.05, 0.1) is 22.9 Å². The molecule has 1 aromatic carbocycles. The zero-order chi connectivity index (χ0) is 22.2. The number of halogens is 1. The van der Waals surface area contributed by atoms with Crippen LogP contribution in [0.25, 0.3) is 11.5 Å². The van der Waals surface area contributed by atoms with Crippen LogP contribution < -0.4 is 0 Å². The molecule has 32 heavy (non-hydrogen) atoms. The first-order valence-corrected chi connectivity index (χ1v) is 12.3. The van der Waals surface area contributed by atoms with E-state index >= 15 is 0 Å². The number of amides is 1. The predicted molar refractivity (Wildman–Crippen MR) is 121 cm³/mol. The van der Waals surface area contributed by atoms with Crippen LogP contribution in [-0.2, 0) is 11.3 Å². The van der Waals surface area contributed by atoms with Gasteiger partial charge in [0.25, 0.3) is 0 Å². The van der Waals surface area contributed by atoms with E-state index in [0.29, 0.717) is 40.1 Å². The Morgan fingerprint density at radius 2 is 1.97 bits per heavy atom. The van der Waals surface area contributed by atoms with Crippen molar-refractivity contribution in [1.29, 1.82) is 0 Å². The molecule has 2 saturated carbocycles. The lowest BCUT2D eigenvalue weighted by molar-refractivity contribution is -0.131. The van der Waals surface area contributed by atoms with Gasteiger partial charge in [-0.2, -0.15) is 0 Å². The summed E-state index contributed by atoms with van der Waals surface area (Å²) in [7, 11) is 0. The molecule has 2 fully saturated rings. The van der Waals surface area contributed by atoms with Crippen molar-refractivity contribution in [2.75, 3.05) is 5.75 Å². The van der Waals surface area contributed by atoms with Gasteiger partial charge in [-0.15, -0.1) is 20.4 Å². The number of nitrogens with zero attached hydrogens (tertiary/aromatic N) is 6. The molecule has 0 spiro atoms. The van der Waals surface area contributed by atoms with Crippen molar-refractivity contribution >= 4 is 29.3 Å². The molecule has 5 rings (SSSR count). The number of benzene rings is 1. The average Bonchev–Trinajstić information content (AvgIpc) is 3.71. The summed E-state index contributed by atoms with van der Waals surface area (Å²) < 4.78 is 8.07. The van der Waals surface area contributed by atoms with Crippen molar-refractivity contribution in [1.82, 2.24) is 29.9 Å². The molecule has 2 heterocycles. The molecule has 1 amide bonds. The molecule has 168 valence electrons. The van der Waals surface area contributed by atoms with E-state index < -0.39 is 0 Å². The number of hydrogen-bond donors (Lipinski definition) is 0. The predicted octanol–water partition coefficient (Wildman–Crippen LogP) is 4.72. The van der Waals surface area contributed by atoms with E-state index in [9.17, 15) is 4.79 Å². The average molecular weight is 473 g/mol. The van der Waals surface area contributed by atoms with Crippen molar-refractivity contribution in [2.24, 2.45) is 0 Å². The summed E-state index contributed by atoms with van der Waals surface area (Å²) in [5.74, 6) is 2.66. The van der Waals surface area contributed by atoms with E-state index in [0.717, 1.165) is 11.0 Å². The van der Waals surface area contributed by atoms with E-state index in [-0.39, 0.29) is 18.5 Å². The van der Waals surface area contributed by atoms with Gasteiger partial charge in [-0.05, 0) is 51.7 Å². The first kappa shape index (κ1) is 21.5. The van der Waals surface area contributed by atoms with Crippen molar-refractivity contribution in [3.63, 3.8) is 0 Å². The standard InChI is InChI=1S/C22H25ClN6O2S/c1-13(2)28(11-18-24-26-21(31-18)16-5-3-4-6-17(16)23)19(30)12-32-22-27-25-20(14-7-8-14)29(22)15-9-10-15/h3-6,13-15H,7-12H2,1-2H3. The quantitative estimate of drug-likeness (QED) is 0.416. The van der Waals surface area contributed by atoms with Crippen molar-refractivity contribution in [2.45, 2.75) is 69.2 Å². The molecule has 2 aliphatic carbocycles. The molecule has 3 aromatic rings. The van der Waals surface area contributed by atoms with Gasteiger partial charge >= 0.3 is 0 Å². The Morgan fingerprint density at radius 1 is 1.19 bits per heavy atom. The highest BCUT2D eigenvalue weighted by molar-refractivity contribution is 7.99. The minimum Gasteiger partial charge on any atom is -0.419 e. The lowest BCUT2D eigenvalue weighted by Gasteiger charge is -2.25. The first-order chi connectivity index (χ1) is 15.5. The molecule has 0 N–H and O–H groups in total. The van der Waals surface area contributed by atoms with Gasteiger partial charge in [-0.25, -0.2) is 0 Å². The highest BCUT2D eigenvalue weighted by Crippen LogP contribution is 2.46. The minimum atomic E-state index is -0.0120. The van der Waals surface area contributed by atoms with Crippen LogP contribution >= 0.6 is 23.4 Å². The largest absolute Gasteiger partial charge is 0.419 e.